The van der Waals surface area contributed by atoms with Crippen molar-refractivity contribution >= 4 is 5.71 Å². The lowest BCUT2D eigenvalue weighted by Crippen LogP contribution is -2.33. The van der Waals surface area contributed by atoms with Gasteiger partial charge in [-0.1, -0.05) is 30.3 Å². The molecule has 2 aliphatic rings. The van der Waals surface area contributed by atoms with Crippen molar-refractivity contribution in [1.29, 1.82) is 0 Å². The summed E-state index contributed by atoms with van der Waals surface area (Å²) >= 11 is 0. The average Bonchev–Trinajstić information content (AvgIpc) is 3.25. The molecule has 0 spiro atoms. The highest BCUT2D eigenvalue weighted by Crippen LogP contribution is 2.48. The van der Waals surface area contributed by atoms with Crippen LogP contribution in [0.4, 0.5) is 0 Å². The second kappa shape index (κ2) is 7.17. The zero-order valence-corrected chi connectivity index (χ0v) is 16.4. The summed E-state index contributed by atoms with van der Waals surface area (Å²) in [6, 6.07) is 24.4. The highest BCUT2D eigenvalue weighted by molar-refractivity contribution is 6.01. The molecule has 146 valence electrons. The smallest absolute Gasteiger partial charge is 0.213 e. The van der Waals surface area contributed by atoms with Crippen LogP contribution in [-0.4, -0.2) is 24.9 Å². The van der Waals surface area contributed by atoms with Gasteiger partial charge < -0.3 is 14.2 Å². The summed E-state index contributed by atoms with van der Waals surface area (Å²) in [5.74, 6) is 2.52. The van der Waals surface area contributed by atoms with Gasteiger partial charge in [0, 0.05) is 17.5 Å². The number of nitrogens with zero attached hydrogens (tertiary/aromatic N) is 2. The van der Waals surface area contributed by atoms with Crippen molar-refractivity contribution in [1.82, 2.24) is 5.01 Å². The molecule has 2 heterocycles. The highest BCUT2D eigenvalue weighted by Gasteiger charge is 2.41. The first-order chi connectivity index (χ1) is 14.3. The lowest BCUT2D eigenvalue weighted by atomic mass is 9.95. The summed E-state index contributed by atoms with van der Waals surface area (Å²) in [7, 11) is 3.35. The number of hydrazone groups is 1. The van der Waals surface area contributed by atoms with Crippen LogP contribution in [0.1, 0.15) is 35.4 Å². The fourth-order valence-electron chi connectivity index (χ4n) is 3.99. The van der Waals surface area contributed by atoms with Gasteiger partial charge in [0.25, 0.3) is 0 Å². The largest absolute Gasteiger partial charge is 0.497 e. The van der Waals surface area contributed by atoms with E-state index in [2.05, 4.69) is 23.2 Å². The van der Waals surface area contributed by atoms with Crippen molar-refractivity contribution < 1.29 is 14.2 Å². The SMILES string of the molecule is COc1ccc([C@@H]2Oc3ccc(OC)cc3[C@@H]3CC(c4ccccc4)=NN32)cc1. The Hall–Kier alpha value is -3.47. The molecule has 29 heavy (non-hydrogen) atoms. The van der Waals surface area contributed by atoms with Crippen LogP contribution in [0.5, 0.6) is 17.2 Å². The maximum Gasteiger partial charge on any atom is 0.213 e. The molecule has 0 radical (unpaired) electrons. The Balaban J connectivity index is 1.58. The quantitative estimate of drug-likeness (QED) is 0.637. The van der Waals surface area contributed by atoms with Gasteiger partial charge in [-0.15, -0.1) is 0 Å². The molecule has 5 rings (SSSR count). The van der Waals surface area contributed by atoms with E-state index in [0.717, 1.165) is 46.1 Å². The molecule has 0 saturated carbocycles. The molecule has 0 N–H and O–H groups in total. The molecule has 3 aromatic carbocycles. The molecule has 2 aliphatic heterocycles. The van der Waals surface area contributed by atoms with Crippen LogP contribution in [0.25, 0.3) is 0 Å². The first-order valence-electron chi connectivity index (χ1n) is 9.66. The van der Waals surface area contributed by atoms with Gasteiger partial charge in [0.2, 0.25) is 6.23 Å². The number of benzene rings is 3. The van der Waals surface area contributed by atoms with Gasteiger partial charge >= 0.3 is 0 Å². The minimum atomic E-state index is -0.298. The zero-order valence-electron chi connectivity index (χ0n) is 16.4. The number of hydrogen-bond donors (Lipinski definition) is 0. The minimum absolute atomic E-state index is 0.0937. The van der Waals surface area contributed by atoms with Gasteiger partial charge in [0.1, 0.15) is 17.2 Å². The summed E-state index contributed by atoms with van der Waals surface area (Å²) in [6.45, 7) is 0. The number of fused-ring (bicyclic) bond motifs is 3. The van der Waals surface area contributed by atoms with E-state index in [0.29, 0.717) is 0 Å². The molecule has 0 amide bonds. The third-order valence-corrected chi connectivity index (χ3v) is 5.50. The van der Waals surface area contributed by atoms with E-state index in [1.165, 1.54) is 0 Å². The molecular formula is C24H22N2O3. The Morgan fingerprint density at radius 2 is 1.62 bits per heavy atom. The summed E-state index contributed by atoms with van der Waals surface area (Å²) in [5, 5.41) is 7.06. The maximum atomic E-state index is 6.41. The van der Waals surface area contributed by atoms with Crippen LogP contribution >= 0.6 is 0 Å². The Morgan fingerprint density at radius 3 is 2.34 bits per heavy atom. The second-order valence-corrected chi connectivity index (χ2v) is 7.16. The predicted molar refractivity (Wildman–Crippen MR) is 112 cm³/mol. The fourth-order valence-corrected chi connectivity index (χ4v) is 3.99. The minimum Gasteiger partial charge on any atom is -0.497 e. The van der Waals surface area contributed by atoms with Gasteiger partial charge in [-0.3, -0.25) is 0 Å². The highest BCUT2D eigenvalue weighted by atomic mass is 16.5. The molecular weight excluding hydrogens is 364 g/mol. The third kappa shape index (κ3) is 3.09. The van der Waals surface area contributed by atoms with Crippen LogP contribution in [0.15, 0.2) is 77.9 Å². The fraction of sp³-hybridized carbons (Fsp3) is 0.208. The molecule has 5 nitrogen and oxygen atoms in total. The van der Waals surface area contributed by atoms with Gasteiger partial charge in [-0.05, 0) is 48.0 Å². The van der Waals surface area contributed by atoms with Crippen LogP contribution < -0.4 is 14.2 Å². The number of rotatable bonds is 4. The van der Waals surface area contributed by atoms with E-state index in [1.54, 1.807) is 14.2 Å². The number of ether oxygens (including phenoxy) is 3. The second-order valence-electron chi connectivity index (χ2n) is 7.16. The molecule has 2 atom stereocenters. The Labute approximate surface area is 170 Å². The van der Waals surface area contributed by atoms with Gasteiger partial charge in [-0.2, -0.15) is 5.10 Å². The molecule has 5 heteroatoms. The lowest BCUT2D eigenvalue weighted by molar-refractivity contribution is -0.0191. The van der Waals surface area contributed by atoms with Crippen LogP contribution in [0.2, 0.25) is 0 Å². The first kappa shape index (κ1) is 17.6. The summed E-state index contributed by atoms with van der Waals surface area (Å²) in [6.07, 6.45) is 0.522. The number of hydrogen-bond acceptors (Lipinski definition) is 5. The standard InChI is InChI=1S/C24H22N2O3/c1-27-18-10-8-17(9-11-18)24-26-22(15-21(25-26)16-6-4-3-5-7-16)20-14-19(28-2)12-13-23(20)29-24/h3-14,22,24H,15H2,1-2H3/t22-,24-/m0/s1. The van der Waals surface area contributed by atoms with Crippen molar-refractivity contribution in [3.63, 3.8) is 0 Å². The van der Waals surface area contributed by atoms with E-state index in [-0.39, 0.29) is 12.3 Å². The van der Waals surface area contributed by atoms with Crippen molar-refractivity contribution in [2.45, 2.75) is 18.7 Å². The topological polar surface area (TPSA) is 43.3 Å². The van der Waals surface area contributed by atoms with Crippen LogP contribution in [0.3, 0.4) is 0 Å². The first-order valence-corrected chi connectivity index (χ1v) is 9.66. The van der Waals surface area contributed by atoms with Gasteiger partial charge in [0.15, 0.2) is 0 Å². The van der Waals surface area contributed by atoms with Gasteiger partial charge in [-0.25, -0.2) is 5.01 Å². The van der Waals surface area contributed by atoms with Crippen molar-refractivity contribution in [2.75, 3.05) is 14.2 Å². The maximum absolute atomic E-state index is 6.41. The molecule has 0 aliphatic carbocycles. The summed E-state index contributed by atoms with van der Waals surface area (Å²) in [5.41, 5.74) is 4.34. The Morgan fingerprint density at radius 1 is 0.897 bits per heavy atom. The Kier molecular flexibility index (Phi) is 4.35. The van der Waals surface area contributed by atoms with E-state index < -0.39 is 0 Å². The molecule has 0 saturated heterocycles. The Bertz CT molecular complexity index is 1050. The van der Waals surface area contributed by atoms with E-state index in [9.17, 15) is 0 Å². The van der Waals surface area contributed by atoms with Crippen molar-refractivity contribution in [2.24, 2.45) is 5.10 Å². The van der Waals surface area contributed by atoms with E-state index in [1.807, 2.05) is 54.6 Å². The molecule has 3 aromatic rings. The third-order valence-electron chi connectivity index (χ3n) is 5.50. The average molecular weight is 386 g/mol. The van der Waals surface area contributed by atoms with Crippen molar-refractivity contribution in [3.05, 3.63) is 89.5 Å². The molecule has 0 fully saturated rings. The van der Waals surface area contributed by atoms with Crippen molar-refractivity contribution in [3.8, 4) is 17.2 Å². The lowest BCUT2D eigenvalue weighted by Gasteiger charge is -2.38. The van der Waals surface area contributed by atoms with Crippen LogP contribution in [-0.2, 0) is 0 Å². The molecule has 0 bridgehead atoms. The van der Waals surface area contributed by atoms with Gasteiger partial charge in [0.05, 0.1) is 26.0 Å². The zero-order chi connectivity index (χ0) is 19.8. The summed E-state index contributed by atoms with van der Waals surface area (Å²) < 4.78 is 17.2. The molecule has 0 unspecified atom stereocenters. The number of methoxy groups -OCH3 is 2. The normalized spacial score (nSPS) is 19.7. The monoisotopic (exact) mass is 386 g/mol. The van der Waals surface area contributed by atoms with E-state index in [4.69, 9.17) is 19.3 Å². The predicted octanol–water partition coefficient (Wildman–Crippen LogP) is 4.95. The summed E-state index contributed by atoms with van der Waals surface area (Å²) in [4.78, 5) is 0. The molecule has 0 aromatic heterocycles. The van der Waals surface area contributed by atoms with E-state index >= 15 is 0 Å². The van der Waals surface area contributed by atoms with Crippen LogP contribution in [0, 0.1) is 0 Å².